The van der Waals surface area contributed by atoms with E-state index in [4.69, 9.17) is 0 Å². The summed E-state index contributed by atoms with van der Waals surface area (Å²) in [5.41, 5.74) is 28.6. The van der Waals surface area contributed by atoms with Gasteiger partial charge >= 0.3 is 0 Å². The Bertz CT molecular complexity index is 4410. The topological polar surface area (TPSA) is 11.4 Å². The first-order valence-electron chi connectivity index (χ1n) is 26.4. The standard InChI is InChI=1S/C72H46BN3/c1-5-20-47(21-6-1)51-28-19-29-55(40-51)74-68-44-53(49-24-9-3-10-25-49)36-38-63(68)73-64-43-54(50-26-11-4-12-27-50)42-62-58-31-14-13-30-57(58)61-41-52(48-22-7-2-8-23-48)37-39-67(61)76(72(62)64)70-46-56(45-69(74)71(70)73)75-65-34-17-15-32-59(65)60-33-16-18-35-66(60)75/h1-46H. The second-order valence-electron chi connectivity index (χ2n) is 20.4. The van der Waals surface area contributed by atoms with Gasteiger partial charge in [0.25, 0.3) is 6.71 Å². The molecule has 0 aliphatic carbocycles. The average Bonchev–Trinajstić information content (AvgIpc) is 3.98. The van der Waals surface area contributed by atoms with Gasteiger partial charge < -0.3 is 14.4 Å². The molecule has 0 N–H and O–H groups in total. The lowest BCUT2D eigenvalue weighted by molar-refractivity contribution is 1.16. The molecule has 1 aromatic heterocycles. The largest absolute Gasteiger partial charge is 0.311 e. The summed E-state index contributed by atoms with van der Waals surface area (Å²) in [6.45, 7) is -0.128. The third kappa shape index (κ3) is 6.44. The van der Waals surface area contributed by atoms with Crippen molar-refractivity contribution >= 4 is 79.0 Å². The van der Waals surface area contributed by atoms with Crippen molar-refractivity contribution in [2.24, 2.45) is 0 Å². The van der Waals surface area contributed by atoms with E-state index in [-0.39, 0.29) is 6.71 Å². The highest BCUT2D eigenvalue weighted by molar-refractivity contribution is 7.00. The Morgan fingerprint density at radius 2 is 0.737 bits per heavy atom. The molecule has 0 amide bonds. The van der Waals surface area contributed by atoms with Gasteiger partial charge in [0, 0.05) is 50.3 Å². The van der Waals surface area contributed by atoms with Crippen LogP contribution in [0.3, 0.4) is 0 Å². The van der Waals surface area contributed by atoms with Crippen LogP contribution in [0.2, 0.25) is 0 Å². The number of nitrogens with zero attached hydrogens (tertiary/aromatic N) is 3. The predicted octanol–water partition coefficient (Wildman–Crippen LogP) is 17.2. The molecule has 76 heavy (non-hydrogen) atoms. The van der Waals surface area contributed by atoms with E-state index in [0.29, 0.717) is 0 Å². The van der Waals surface area contributed by atoms with Crippen LogP contribution < -0.4 is 26.2 Å². The van der Waals surface area contributed by atoms with E-state index in [1.807, 2.05) is 0 Å². The minimum atomic E-state index is -0.128. The van der Waals surface area contributed by atoms with Crippen molar-refractivity contribution < 1.29 is 0 Å². The summed E-state index contributed by atoms with van der Waals surface area (Å²) < 4.78 is 2.51. The zero-order chi connectivity index (χ0) is 49.8. The predicted molar refractivity (Wildman–Crippen MR) is 321 cm³/mol. The van der Waals surface area contributed by atoms with Gasteiger partial charge in [0.05, 0.1) is 22.4 Å². The van der Waals surface area contributed by atoms with E-state index in [9.17, 15) is 0 Å². The van der Waals surface area contributed by atoms with Gasteiger partial charge in [-0.05, 0) is 133 Å². The monoisotopic (exact) mass is 963 g/mol. The fourth-order valence-electron chi connectivity index (χ4n) is 12.9. The third-order valence-corrected chi connectivity index (χ3v) is 16.3. The summed E-state index contributed by atoms with van der Waals surface area (Å²) in [5.74, 6) is 0. The van der Waals surface area contributed by atoms with Crippen molar-refractivity contribution in [2.45, 2.75) is 0 Å². The lowest BCUT2D eigenvalue weighted by Gasteiger charge is -2.45. The van der Waals surface area contributed by atoms with Gasteiger partial charge in [-0.2, -0.15) is 0 Å². The number of para-hydroxylation sites is 2. The highest BCUT2D eigenvalue weighted by Crippen LogP contribution is 2.55. The Morgan fingerprint density at radius 1 is 0.250 bits per heavy atom. The Morgan fingerprint density at radius 3 is 1.37 bits per heavy atom. The molecule has 4 heterocycles. The molecule has 16 rings (SSSR count). The first-order valence-corrected chi connectivity index (χ1v) is 26.4. The summed E-state index contributed by atoms with van der Waals surface area (Å²) in [6, 6.07) is 104. The summed E-state index contributed by atoms with van der Waals surface area (Å²) in [5, 5.41) is 2.47. The van der Waals surface area contributed by atoms with Crippen molar-refractivity contribution in [1.29, 1.82) is 0 Å². The van der Waals surface area contributed by atoms with E-state index >= 15 is 0 Å². The molecule has 0 atom stereocenters. The summed E-state index contributed by atoms with van der Waals surface area (Å²) in [7, 11) is 0. The molecule has 0 bridgehead atoms. The van der Waals surface area contributed by atoms with Crippen molar-refractivity contribution in [1.82, 2.24) is 4.57 Å². The van der Waals surface area contributed by atoms with Crippen LogP contribution in [-0.4, -0.2) is 11.3 Å². The normalized spacial score (nSPS) is 12.7. The molecule has 0 unspecified atom stereocenters. The molecule has 0 fully saturated rings. The van der Waals surface area contributed by atoms with E-state index in [1.165, 1.54) is 122 Å². The zero-order valence-electron chi connectivity index (χ0n) is 41.5. The van der Waals surface area contributed by atoms with Crippen LogP contribution in [-0.2, 0) is 0 Å². The molecule has 0 saturated carbocycles. The molecule has 0 spiro atoms. The van der Waals surface area contributed by atoms with Gasteiger partial charge in [-0.15, -0.1) is 0 Å². The van der Waals surface area contributed by atoms with Gasteiger partial charge in [0.15, 0.2) is 0 Å². The van der Waals surface area contributed by atoms with Crippen molar-refractivity contribution in [2.75, 3.05) is 9.80 Å². The Hall–Kier alpha value is -9.90. The van der Waals surface area contributed by atoms with E-state index in [2.05, 4.69) is 293 Å². The first-order chi connectivity index (χ1) is 37.7. The Kier molecular flexibility index (Phi) is 9.43. The number of fused-ring (bicyclic) bond motifs is 12. The maximum Gasteiger partial charge on any atom is 0.252 e. The molecule has 4 heteroatoms. The van der Waals surface area contributed by atoms with Crippen LogP contribution in [0.5, 0.6) is 0 Å². The number of benzene rings is 12. The minimum Gasteiger partial charge on any atom is -0.311 e. The number of hydrogen-bond donors (Lipinski definition) is 0. The minimum absolute atomic E-state index is 0.128. The van der Waals surface area contributed by atoms with Crippen LogP contribution in [0.15, 0.2) is 279 Å². The number of anilines is 6. The van der Waals surface area contributed by atoms with Crippen LogP contribution in [0.25, 0.3) is 94.3 Å². The zero-order valence-corrected chi connectivity index (χ0v) is 41.5. The fraction of sp³-hybridized carbons (Fsp3) is 0. The van der Waals surface area contributed by atoms with Crippen molar-refractivity contribution in [3.8, 4) is 72.4 Å². The molecule has 3 nitrogen and oxygen atoms in total. The lowest BCUT2D eigenvalue weighted by Crippen LogP contribution is -2.61. The van der Waals surface area contributed by atoms with Gasteiger partial charge in [0.1, 0.15) is 0 Å². The molecule has 352 valence electrons. The number of hydrogen-bond acceptors (Lipinski definition) is 2. The first kappa shape index (κ1) is 42.6. The lowest BCUT2D eigenvalue weighted by atomic mass is 9.33. The van der Waals surface area contributed by atoms with E-state index in [0.717, 1.165) is 22.7 Å². The molecule has 3 aliphatic heterocycles. The maximum absolute atomic E-state index is 2.65. The summed E-state index contributed by atoms with van der Waals surface area (Å²) in [4.78, 5) is 5.23. The fourth-order valence-corrected chi connectivity index (χ4v) is 12.9. The SMILES string of the molecule is c1ccc(-c2cccc(N3c4cc(-c5ccccc5)ccc4B4c5cc(-c6ccccc6)cc6c5N(c5ccc(-c7ccccc7)cc5-c5ccccc5-6)c5cc(-n6c7ccccc7c7ccccc76)cc3c54)c2)cc1. The van der Waals surface area contributed by atoms with Gasteiger partial charge in [-0.3, -0.25) is 0 Å². The molecule has 13 aromatic rings. The Labute approximate surface area is 442 Å². The molecule has 12 aromatic carbocycles. The molecule has 3 aliphatic rings. The van der Waals surface area contributed by atoms with E-state index in [1.54, 1.807) is 0 Å². The number of rotatable bonds is 6. The van der Waals surface area contributed by atoms with E-state index < -0.39 is 0 Å². The molecular formula is C72H46BN3. The van der Waals surface area contributed by atoms with Gasteiger partial charge in [-0.1, -0.05) is 218 Å². The van der Waals surface area contributed by atoms with Crippen molar-refractivity contribution in [3.05, 3.63) is 279 Å². The average molecular weight is 964 g/mol. The highest BCUT2D eigenvalue weighted by Gasteiger charge is 2.46. The van der Waals surface area contributed by atoms with Crippen LogP contribution in [0, 0.1) is 0 Å². The second-order valence-corrected chi connectivity index (χ2v) is 20.4. The van der Waals surface area contributed by atoms with Gasteiger partial charge in [-0.25, -0.2) is 0 Å². The highest BCUT2D eigenvalue weighted by atomic mass is 15.2. The quantitative estimate of drug-likeness (QED) is 0.154. The maximum atomic E-state index is 2.65. The Balaban J connectivity index is 1.08. The van der Waals surface area contributed by atoms with Crippen LogP contribution in [0.1, 0.15) is 0 Å². The van der Waals surface area contributed by atoms with Crippen LogP contribution >= 0.6 is 0 Å². The van der Waals surface area contributed by atoms with Crippen molar-refractivity contribution in [3.63, 3.8) is 0 Å². The molecule has 0 radical (unpaired) electrons. The number of aromatic nitrogens is 1. The summed E-state index contributed by atoms with van der Waals surface area (Å²) in [6.07, 6.45) is 0. The second kappa shape index (κ2) is 16.8. The third-order valence-electron chi connectivity index (χ3n) is 16.3. The molecular weight excluding hydrogens is 918 g/mol. The molecule has 0 saturated heterocycles. The van der Waals surface area contributed by atoms with Gasteiger partial charge in [0.2, 0.25) is 0 Å². The summed E-state index contributed by atoms with van der Waals surface area (Å²) >= 11 is 0. The smallest absolute Gasteiger partial charge is 0.252 e. The van der Waals surface area contributed by atoms with Crippen LogP contribution in [0.4, 0.5) is 34.1 Å².